The zero-order valence-electron chi connectivity index (χ0n) is 15.4. The fraction of sp³-hybridized carbons (Fsp3) is 0.867. The Morgan fingerprint density at radius 1 is 1.35 bits per heavy atom. The molecule has 1 atom stereocenters. The van der Waals surface area contributed by atoms with Crippen LogP contribution >= 0.6 is 35.7 Å². The maximum atomic E-state index is 11.9. The number of carbonyl (C=O) groups excluding carboxylic acids is 1. The number of rotatable bonds is 7. The molecule has 23 heavy (non-hydrogen) atoms. The molecule has 2 N–H and O–H groups in total. The molecule has 0 aromatic carbocycles. The van der Waals surface area contributed by atoms with Gasteiger partial charge in [0.15, 0.2) is 5.96 Å². The summed E-state index contributed by atoms with van der Waals surface area (Å²) in [6.45, 7) is 9.95. The highest BCUT2D eigenvalue weighted by atomic mass is 127. The first kappa shape index (κ1) is 24.9. The van der Waals surface area contributed by atoms with Gasteiger partial charge in [-0.1, -0.05) is 6.92 Å². The van der Waals surface area contributed by atoms with Crippen LogP contribution in [0.3, 0.4) is 0 Å². The molecule has 0 fully saturated rings. The van der Waals surface area contributed by atoms with E-state index in [0.29, 0.717) is 6.54 Å². The highest BCUT2D eigenvalue weighted by molar-refractivity contribution is 14.0. The van der Waals surface area contributed by atoms with E-state index in [1.54, 1.807) is 30.8 Å². The van der Waals surface area contributed by atoms with E-state index < -0.39 is 5.60 Å². The van der Waals surface area contributed by atoms with Crippen molar-refractivity contribution in [2.75, 3.05) is 45.7 Å². The standard InChI is InChI=1S/C15H32N4O2S.HI/c1-12(10-18-13(16-5)17-8-9-22-7)11-19(6)14(20)21-15(2,3)4;/h12H,8-11H2,1-7H3,(H2,16,17,18);1H. The Morgan fingerprint density at radius 2 is 1.96 bits per heavy atom. The molecule has 138 valence electrons. The van der Waals surface area contributed by atoms with E-state index >= 15 is 0 Å². The van der Waals surface area contributed by atoms with Gasteiger partial charge in [0.05, 0.1) is 0 Å². The van der Waals surface area contributed by atoms with Crippen molar-refractivity contribution in [2.45, 2.75) is 33.3 Å². The quantitative estimate of drug-likeness (QED) is 0.265. The molecular formula is C15H33IN4O2S. The second kappa shape index (κ2) is 13.0. The topological polar surface area (TPSA) is 66.0 Å². The molecule has 0 saturated heterocycles. The molecule has 0 bridgehead atoms. The van der Waals surface area contributed by atoms with Crippen LogP contribution in [0.15, 0.2) is 4.99 Å². The van der Waals surface area contributed by atoms with Crippen LogP contribution in [-0.2, 0) is 4.74 Å². The van der Waals surface area contributed by atoms with E-state index in [9.17, 15) is 4.79 Å². The van der Waals surface area contributed by atoms with Crippen molar-refractivity contribution in [2.24, 2.45) is 10.9 Å². The lowest BCUT2D eigenvalue weighted by molar-refractivity contribution is 0.0278. The molecule has 0 radical (unpaired) electrons. The number of hydrogen-bond donors (Lipinski definition) is 2. The van der Waals surface area contributed by atoms with Gasteiger partial charge < -0.3 is 20.3 Å². The molecule has 6 nitrogen and oxygen atoms in total. The average molecular weight is 460 g/mol. The van der Waals surface area contributed by atoms with Crippen molar-refractivity contribution in [3.05, 3.63) is 0 Å². The number of halogens is 1. The molecule has 0 heterocycles. The van der Waals surface area contributed by atoms with E-state index in [-0.39, 0.29) is 36.0 Å². The van der Waals surface area contributed by atoms with Gasteiger partial charge in [-0.3, -0.25) is 4.99 Å². The highest BCUT2D eigenvalue weighted by Crippen LogP contribution is 2.10. The molecular weight excluding hydrogens is 427 g/mol. The van der Waals surface area contributed by atoms with Crippen molar-refractivity contribution >= 4 is 47.8 Å². The molecule has 0 aromatic heterocycles. The minimum absolute atomic E-state index is 0. The first-order chi connectivity index (χ1) is 10.2. The fourth-order valence-corrected chi connectivity index (χ4v) is 2.02. The first-order valence-corrected chi connectivity index (χ1v) is 8.96. The summed E-state index contributed by atoms with van der Waals surface area (Å²) in [5.74, 6) is 2.12. The maximum Gasteiger partial charge on any atom is 0.410 e. The van der Waals surface area contributed by atoms with Gasteiger partial charge in [0.25, 0.3) is 0 Å². The van der Waals surface area contributed by atoms with Gasteiger partial charge in [-0.05, 0) is 32.9 Å². The predicted octanol–water partition coefficient (Wildman–Crippen LogP) is 2.64. The first-order valence-electron chi connectivity index (χ1n) is 7.57. The molecule has 0 spiro atoms. The van der Waals surface area contributed by atoms with Crippen LogP contribution in [0.1, 0.15) is 27.7 Å². The Kier molecular flexibility index (Phi) is 14.0. The smallest absolute Gasteiger partial charge is 0.410 e. The number of nitrogens with zero attached hydrogens (tertiary/aromatic N) is 2. The number of ether oxygens (including phenoxy) is 1. The minimum atomic E-state index is -0.462. The number of hydrogen-bond acceptors (Lipinski definition) is 4. The van der Waals surface area contributed by atoms with Crippen LogP contribution in [0.5, 0.6) is 0 Å². The molecule has 1 unspecified atom stereocenters. The number of thioether (sulfide) groups is 1. The Morgan fingerprint density at radius 3 is 2.43 bits per heavy atom. The summed E-state index contributed by atoms with van der Waals surface area (Å²) in [4.78, 5) is 17.7. The SMILES string of the molecule is CN=C(NCCSC)NCC(C)CN(C)C(=O)OC(C)(C)C.I. The van der Waals surface area contributed by atoms with Gasteiger partial charge in [0.1, 0.15) is 5.60 Å². The summed E-state index contributed by atoms with van der Waals surface area (Å²) in [5, 5.41) is 6.52. The van der Waals surface area contributed by atoms with Crippen molar-refractivity contribution in [3.63, 3.8) is 0 Å². The van der Waals surface area contributed by atoms with Gasteiger partial charge in [-0.25, -0.2) is 4.79 Å². The van der Waals surface area contributed by atoms with E-state index in [2.05, 4.69) is 28.8 Å². The summed E-state index contributed by atoms with van der Waals surface area (Å²) < 4.78 is 5.34. The summed E-state index contributed by atoms with van der Waals surface area (Å²) in [6, 6.07) is 0. The third-order valence-electron chi connectivity index (χ3n) is 2.73. The van der Waals surface area contributed by atoms with E-state index in [1.165, 1.54) is 0 Å². The zero-order valence-corrected chi connectivity index (χ0v) is 18.6. The number of carbonyl (C=O) groups is 1. The third-order valence-corrected chi connectivity index (χ3v) is 3.34. The zero-order chi connectivity index (χ0) is 17.2. The third kappa shape index (κ3) is 13.7. The summed E-state index contributed by atoms with van der Waals surface area (Å²) in [6.07, 6.45) is 1.79. The minimum Gasteiger partial charge on any atom is -0.444 e. The van der Waals surface area contributed by atoms with Gasteiger partial charge in [-0.2, -0.15) is 11.8 Å². The molecule has 0 aliphatic carbocycles. The van der Waals surface area contributed by atoms with Gasteiger partial charge in [0, 0.05) is 39.5 Å². The normalized spacial score (nSPS) is 12.9. The molecule has 0 aromatic rings. The van der Waals surface area contributed by atoms with Gasteiger partial charge in [0.2, 0.25) is 0 Å². The number of amides is 1. The highest BCUT2D eigenvalue weighted by Gasteiger charge is 2.20. The van der Waals surface area contributed by atoms with Crippen LogP contribution in [0.4, 0.5) is 4.79 Å². The number of guanidine groups is 1. The van der Waals surface area contributed by atoms with Crippen LogP contribution in [0.2, 0.25) is 0 Å². The number of aliphatic imine (C=N–C) groups is 1. The second-order valence-corrected chi connectivity index (χ2v) is 7.32. The van der Waals surface area contributed by atoms with Crippen molar-refractivity contribution in [1.82, 2.24) is 15.5 Å². The molecule has 0 saturated carbocycles. The van der Waals surface area contributed by atoms with Crippen molar-refractivity contribution < 1.29 is 9.53 Å². The monoisotopic (exact) mass is 460 g/mol. The summed E-state index contributed by atoms with van der Waals surface area (Å²) in [7, 11) is 3.52. The van der Waals surface area contributed by atoms with Gasteiger partial charge in [-0.15, -0.1) is 24.0 Å². The lowest BCUT2D eigenvalue weighted by atomic mass is 10.1. The predicted molar refractivity (Wildman–Crippen MR) is 111 cm³/mol. The lowest BCUT2D eigenvalue weighted by Gasteiger charge is -2.26. The van der Waals surface area contributed by atoms with Crippen molar-refractivity contribution in [1.29, 1.82) is 0 Å². The average Bonchev–Trinajstić information content (AvgIpc) is 2.40. The molecule has 0 aliphatic heterocycles. The Balaban J connectivity index is 0. The van der Waals surface area contributed by atoms with E-state index in [4.69, 9.17) is 4.74 Å². The van der Waals surface area contributed by atoms with Crippen LogP contribution in [0.25, 0.3) is 0 Å². The Bertz CT molecular complexity index is 362. The summed E-state index contributed by atoms with van der Waals surface area (Å²) in [5.41, 5.74) is -0.462. The molecule has 8 heteroatoms. The van der Waals surface area contributed by atoms with E-state index in [0.717, 1.165) is 24.8 Å². The maximum absolute atomic E-state index is 11.9. The molecule has 1 amide bonds. The van der Waals surface area contributed by atoms with E-state index in [1.807, 2.05) is 20.8 Å². The number of nitrogens with one attached hydrogen (secondary N) is 2. The molecule has 0 rings (SSSR count). The van der Waals surface area contributed by atoms with Gasteiger partial charge >= 0.3 is 6.09 Å². The lowest BCUT2D eigenvalue weighted by Crippen LogP contribution is -2.43. The summed E-state index contributed by atoms with van der Waals surface area (Å²) >= 11 is 1.79. The Hall–Kier alpha value is -0.380. The van der Waals surface area contributed by atoms with Crippen LogP contribution < -0.4 is 10.6 Å². The fourth-order valence-electron chi connectivity index (χ4n) is 1.71. The van der Waals surface area contributed by atoms with Crippen LogP contribution in [0, 0.1) is 5.92 Å². The molecule has 0 aliphatic rings. The largest absolute Gasteiger partial charge is 0.444 e. The second-order valence-electron chi connectivity index (χ2n) is 6.34. The Labute approximate surface area is 162 Å². The van der Waals surface area contributed by atoms with Crippen molar-refractivity contribution in [3.8, 4) is 0 Å². The van der Waals surface area contributed by atoms with Crippen LogP contribution in [-0.4, -0.2) is 68.3 Å².